The lowest BCUT2D eigenvalue weighted by Crippen LogP contribution is -2.48. The molecule has 0 spiro atoms. The van der Waals surface area contributed by atoms with Crippen LogP contribution in [0.2, 0.25) is 0 Å². The normalized spacial score (nSPS) is 22.4. The first-order valence-electron chi connectivity index (χ1n) is 14.8. The van der Waals surface area contributed by atoms with Crippen molar-refractivity contribution < 1.29 is 37.4 Å². The Balaban J connectivity index is 1.19. The Hall–Kier alpha value is -4.06. The van der Waals surface area contributed by atoms with Gasteiger partial charge in [0.1, 0.15) is 11.6 Å². The van der Waals surface area contributed by atoms with Gasteiger partial charge in [0, 0.05) is 47.8 Å². The zero-order chi connectivity index (χ0) is 31.9. The summed E-state index contributed by atoms with van der Waals surface area (Å²) < 4.78 is 40.3. The third kappa shape index (κ3) is 6.12. The number of benzene rings is 2. The van der Waals surface area contributed by atoms with Crippen LogP contribution in [-0.4, -0.2) is 79.2 Å². The van der Waals surface area contributed by atoms with Gasteiger partial charge in [0.2, 0.25) is 5.91 Å². The van der Waals surface area contributed by atoms with Crippen LogP contribution in [0.15, 0.2) is 42.5 Å². The summed E-state index contributed by atoms with van der Waals surface area (Å²) in [5.74, 6) is -4.66. The van der Waals surface area contributed by atoms with Crippen LogP contribution >= 0.6 is 0 Å². The number of nitrogens with one attached hydrogen (secondary N) is 3. The van der Waals surface area contributed by atoms with Crippen LogP contribution in [0.25, 0.3) is 11.1 Å². The number of amides is 3. The molecule has 0 bridgehead atoms. The maximum Gasteiger partial charge on any atom is 0.407 e. The summed E-state index contributed by atoms with van der Waals surface area (Å²) in [5.41, 5.74) is -0.387. The van der Waals surface area contributed by atoms with E-state index in [1.54, 1.807) is 45.9 Å². The number of piperidine rings is 1. The molecular formula is C32H38F2N4O6. The minimum Gasteiger partial charge on any atom is -0.464 e. The number of ether oxygens (including phenoxy) is 2. The number of halogens is 2. The molecule has 2 fully saturated rings. The second-order valence-corrected chi connectivity index (χ2v) is 12.5. The van der Waals surface area contributed by atoms with Crippen LogP contribution in [0.4, 0.5) is 13.6 Å². The average molecular weight is 613 g/mol. The molecule has 44 heavy (non-hydrogen) atoms. The van der Waals surface area contributed by atoms with Crippen molar-refractivity contribution in [1.82, 2.24) is 20.9 Å². The van der Waals surface area contributed by atoms with Gasteiger partial charge in [0.15, 0.2) is 0 Å². The van der Waals surface area contributed by atoms with E-state index in [9.17, 15) is 28.0 Å². The van der Waals surface area contributed by atoms with E-state index in [1.807, 2.05) is 0 Å². The van der Waals surface area contributed by atoms with E-state index in [-0.39, 0.29) is 46.9 Å². The summed E-state index contributed by atoms with van der Waals surface area (Å²) in [6.45, 7) is 8.19. The third-order valence-electron chi connectivity index (χ3n) is 8.29. The Morgan fingerprint density at radius 2 is 1.70 bits per heavy atom. The number of hydrogen-bond donors (Lipinski definition) is 3. The van der Waals surface area contributed by atoms with Crippen molar-refractivity contribution in [3.8, 4) is 11.1 Å². The number of likely N-dealkylation sites (tertiary alicyclic amines) is 1. The van der Waals surface area contributed by atoms with Gasteiger partial charge in [-0.1, -0.05) is 30.3 Å². The molecule has 0 aromatic heterocycles. The van der Waals surface area contributed by atoms with E-state index in [0.29, 0.717) is 38.0 Å². The molecule has 1 saturated carbocycles. The lowest BCUT2D eigenvalue weighted by molar-refractivity contribution is -0.153. The summed E-state index contributed by atoms with van der Waals surface area (Å²) in [6.07, 6.45) is 0.598. The number of carbonyl (C=O) groups is 4. The zero-order valence-electron chi connectivity index (χ0n) is 25.3. The van der Waals surface area contributed by atoms with Gasteiger partial charge in [0.25, 0.3) is 11.8 Å². The first-order chi connectivity index (χ1) is 20.8. The number of fused-ring (bicyclic) bond motifs is 4. The molecule has 1 saturated heterocycles. The van der Waals surface area contributed by atoms with Gasteiger partial charge in [0.05, 0.1) is 13.2 Å². The molecule has 3 N–H and O–H groups in total. The third-order valence-corrected chi connectivity index (χ3v) is 8.29. The second kappa shape index (κ2) is 11.8. The number of rotatable bonds is 10. The molecule has 3 atom stereocenters. The first-order valence-corrected chi connectivity index (χ1v) is 14.8. The van der Waals surface area contributed by atoms with E-state index in [0.717, 1.165) is 0 Å². The highest BCUT2D eigenvalue weighted by atomic mass is 19.3. The van der Waals surface area contributed by atoms with Gasteiger partial charge < -0.3 is 30.3 Å². The van der Waals surface area contributed by atoms with Crippen molar-refractivity contribution in [1.29, 1.82) is 0 Å². The Morgan fingerprint density at radius 3 is 2.43 bits per heavy atom. The standard InChI is InChI=1S/C32H38F2N4O6/c1-5-43-28(41)24-15-31(18-35-12-13-36-29(42)44-30(2,3)4)16-25(31)38(24)26(39)17-37-27(40)19-10-11-23-21(14-19)20-8-6-7-9-22(20)32(23,33)34/h6-11,14,24-25,35H,5,12-13,15-18H2,1-4H3,(H,36,42)(H,37,40)/t24-,25-,31+/m0/s1. The summed E-state index contributed by atoms with van der Waals surface area (Å²) in [4.78, 5) is 52.6. The molecule has 2 aliphatic carbocycles. The van der Waals surface area contributed by atoms with Crippen molar-refractivity contribution in [2.75, 3.05) is 32.8 Å². The summed E-state index contributed by atoms with van der Waals surface area (Å²) >= 11 is 0. The van der Waals surface area contributed by atoms with E-state index in [4.69, 9.17) is 9.47 Å². The summed E-state index contributed by atoms with van der Waals surface area (Å²) in [6, 6.07) is 9.19. The average Bonchev–Trinajstić information content (AvgIpc) is 3.48. The Kier molecular flexibility index (Phi) is 8.41. The lowest BCUT2D eigenvalue weighted by Gasteiger charge is -2.26. The van der Waals surface area contributed by atoms with Crippen LogP contribution in [0, 0.1) is 5.41 Å². The largest absolute Gasteiger partial charge is 0.464 e. The van der Waals surface area contributed by atoms with Gasteiger partial charge in [-0.15, -0.1) is 0 Å². The smallest absolute Gasteiger partial charge is 0.407 e. The van der Waals surface area contributed by atoms with E-state index in [1.165, 1.54) is 29.2 Å². The molecule has 0 unspecified atom stereocenters. The van der Waals surface area contributed by atoms with Crippen LogP contribution in [0.5, 0.6) is 0 Å². The topological polar surface area (TPSA) is 126 Å². The van der Waals surface area contributed by atoms with Gasteiger partial charge >= 0.3 is 12.1 Å². The molecule has 3 amide bonds. The van der Waals surface area contributed by atoms with E-state index >= 15 is 0 Å². The Morgan fingerprint density at radius 1 is 0.977 bits per heavy atom. The number of hydrogen-bond acceptors (Lipinski definition) is 7. The Labute approximate surface area is 254 Å². The summed E-state index contributed by atoms with van der Waals surface area (Å²) in [5, 5.41) is 8.59. The van der Waals surface area contributed by atoms with Crippen LogP contribution in [0.1, 0.15) is 62.0 Å². The fraction of sp³-hybridized carbons (Fsp3) is 0.500. The molecule has 1 aliphatic heterocycles. The van der Waals surface area contributed by atoms with Crippen molar-refractivity contribution in [2.45, 2.75) is 64.1 Å². The molecular weight excluding hydrogens is 574 g/mol. The van der Waals surface area contributed by atoms with Crippen LogP contribution < -0.4 is 16.0 Å². The molecule has 236 valence electrons. The highest BCUT2D eigenvalue weighted by Gasteiger charge is 2.67. The zero-order valence-corrected chi connectivity index (χ0v) is 25.3. The maximum atomic E-state index is 14.9. The predicted octanol–water partition coefficient (Wildman–Crippen LogP) is 3.57. The van der Waals surface area contributed by atoms with Gasteiger partial charge in [-0.05, 0) is 63.8 Å². The molecule has 2 aromatic rings. The number of alkyl carbamates (subject to hydrolysis) is 1. The lowest BCUT2D eigenvalue weighted by atomic mass is 9.99. The number of nitrogens with zero attached hydrogens (tertiary/aromatic N) is 1. The molecule has 1 heterocycles. The second-order valence-electron chi connectivity index (χ2n) is 12.5. The number of alkyl halides is 2. The van der Waals surface area contributed by atoms with Crippen LogP contribution in [0.3, 0.4) is 0 Å². The fourth-order valence-corrected chi connectivity index (χ4v) is 6.26. The molecule has 12 heteroatoms. The number of esters is 1. The van der Waals surface area contributed by atoms with E-state index < -0.39 is 41.4 Å². The van der Waals surface area contributed by atoms with Crippen molar-refractivity contribution in [3.05, 3.63) is 59.2 Å². The van der Waals surface area contributed by atoms with Gasteiger partial charge in [-0.2, -0.15) is 8.78 Å². The minimum atomic E-state index is -3.16. The van der Waals surface area contributed by atoms with E-state index in [2.05, 4.69) is 16.0 Å². The van der Waals surface area contributed by atoms with Crippen molar-refractivity contribution >= 4 is 23.9 Å². The summed E-state index contributed by atoms with van der Waals surface area (Å²) in [7, 11) is 0. The van der Waals surface area contributed by atoms with Gasteiger partial charge in [-0.3, -0.25) is 9.59 Å². The quantitative estimate of drug-likeness (QED) is 0.277. The van der Waals surface area contributed by atoms with Crippen molar-refractivity contribution in [3.63, 3.8) is 0 Å². The molecule has 5 rings (SSSR count). The Bertz CT molecular complexity index is 1470. The highest BCUT2D eigenvalue weighted by Crippen LogP contribution is 2.59. The predicted molar refractivity (Wildman–Crippen MR) is 157 cm³/mol. The monoisotopic (exact) mass is 612 g/mol. The SMILES string of the molecule is CCOC(=O)[C@@H]1C[C@]2(CNCCNC(=O)OC(C)(C)C)C[C@@H]2N1C(=O)CNC(=O)c1ccc2c(c1)-c1ccccc1C2(F)F. The molecule has 3 aliphatic rings. The van der Waals surface area contributed by atoms with Crippen LogP contribution in [-0.2, 0) is 25.0 Å². The van der Waals surface area contributed by atoms with Gasteiger partial charge in [-0.25, -0.2) is 9.59 Å². The molecule has 10 nitrogen and oxygen atoms in total. The highest BCUT2D eigenvalue weighted by molar-refractivity contribution is 5.99. The molecule has 0 radical (unpaired) electrons. The fourth-order valence-electron chi connectivity index (χ4n) is 6.26. The first kappa shape index (κ1) is 31.4. The van der Waals surface area contributed by atoms with Crippen molar-refractivity contribution in [2.24, 2.45) is 5.41 Å². The molecule has 2 aromatic carbocycles. The number of carbonyl (C=O) groups excluding carboxylic acids is 4. The minimum absolute atomic E-state index is 0.108. The maximum absolute atomic E-state index is 14.9.